The number of aliphatic imine (C=N–C) groups is 1. The molecule has 2 atom stereocenters. The molecular weight excluding hydrogens is 492 g/mol. The van der Waals surface area contributed by atoms with Gasteiger partial charge in [-0.05, 0) is 18.2 Å². The van der Waals surface area contributed by atoms with Gasteiger partial charge in [0.2, 0.25) is 5.54 Å². The molecule has 2 aliphatic rings. The first kappa shape index (κ1) is 24.7. The molecule has 2 aliphatic heterocycles. The van der Waals surface area contributed by atoms with Crippen molar-refractivity contribution in [2.45, 2.75) is 11.6 Å². The molecule has 2 aromatic rings. The second kappa shape index (κ2) is 9.71. The molecule has 0 bridgehead atoms. The molecule has 0 spiro atoms. The maximum Gasteiger partial charge on any atom is 0.323 e. The van der Waals surface area contributed by atoms with Crippen LogP contribution in [0.1, 0.15) is 11.1 Å². The van der Waals surface area contributed by atoms with Gasteiger partial charge in [0.05, 0.1) is 16.8 Å². The van der Waals surface area contributed by atoms with Gasteiger partial charge in [-0.2, -0.15) is 0 Å². The van der Waals surface area contributed by atoms with Gasteiger partial charge in [-0.1, -0.05) is 41.9 Å². The van der Waals surface area contributed by atoms with Gasteiger partial charge in [-0.25, -0.2) is 4.79 Å². The number of likely N-dealkylation sites (N-methyl/N-ethyl adjacent to an activating group) is 2. The predicted octanol–water partition coefficient (Wildman–Crippen LogP) is 2.71. The highest BCUT2D eigenvalue weighted by molar-refractivity contribution is 8.14. The Balaban J connectivity index is 1.59. The molecule has 4 rings (SSSR count). The van der Waals surface area contributed by atoms with Crippen molar-refractivity contribution in [3.63, 3.8) is 0 Å². The summed E-state index contributed by atoms with van der Waals surface area (Å²) in [5, 5.41) is 10.4. The van der Waals surface area contributed by atoms with E-state index in [1.54, 1.807) is 18.8 Å². The Morgan fingerprint density at radius 3 is 2.63 bits per heavy atom. The van der Waals surface area contributed by atoms with Gasteiger partial charge >= 0.3 is 12.0 Å². The van der Waals surface area contributed by atoms with Gasteiger partial charge in [0.1, 0.15) is 6.54 Å². The van der Waals surface area contributed by atoms with E-state index in [9.17, 15) is 24.3 Å². The third kappa shape index (κ3) is 4.39. The van der Waals surface area contributed by atoms with Crippen molar-refractivity contribution in [2.24, 2.45) is 4.99 Å². The monoisotopic (exact) mass is 514 g/mol. The van der Waals surface area contributed by atoms with Crippen LogP contribution in [0.25, 0.3) is 0 Å². The number of urea groups is 1. The maximum absolute atomic E-state index is 13.4. The summed E-state index contributed by atoms with van der Waals surface area (Å²) in [5.74, 6) is -1.39. The number of rotatable bonds is 7. The summed E-state index contributed by atoms with van der Waals surface area (Å²) < 4.78 is 0. The number of carboxylic acid groups (broad SMARTS) is 1. The molecular formula is C24H23ClN4O5S. The van der Waals surface area contributed by atoms with Gasteiger partial charge in [0.15, 0.2) is 6.29 Å². The summed E-state index contributed by atoms with van der Waals surface area (Å²) in [4.78, 5) is 58.9. The van der Waals surface area contributed by atoms with E-state index in [-0.39, 0.29) is 28.9 Å². The zero-order chi connectivity index (χ0) is 25.3. The molecule has 2 heterocycles. The Kier molecular flexibility index (Phi) is 6.86. The zero-order valence-corrected chi connectivity index (χ0v) is 20.6. The highest BCUT2D eigenvalue weighted by Gasteiger charge is 2.56. The van der Waals surface area contributed by atoms with Crippen LogP contribution in [0.15, 0.2) is 53.5 Å². The number of benzene rings is 2. The highest BCUT2D eigenvalue weighted by atomic mass is 35.5. The topological polar surface area (TPSA) is 111 Å². The van der Waals surface area contributed by atoms with Gasteiger partial charge in [-0.15, -0.1) is 11.8 Å². The second-order valence-corrected chi connectivity index (χ2v) is 9.76. The van der Waals surface area contributed by atoms with Crippen molar-refractivity contribution in [3.05, 3.63) is 64.7 Å². The van der Waals surface area contributed by atoms with E-state index in [1.165, 1.54) is 30.1 Å². The molecule has 0 radical (unpaired) electrons. The minimum Gasteiger partial charge on any atom is -0.480 e. The molecule has 3 amide bonds. The molecule has 0 saturated carbocycles. The highest BCUT2D eigenvalue weighted by Crippen LogP contribution is 2.44. The molecule has 0 aliphatic carbocycles. The smallest absolute Gasteiger partial charge is 0.323 e. The molecule has 35 heavy (non-hydrogen) atoms. The fourth-order valence-corrected chi connectivity index (χ4v) is 5.57. The van der Waals surface area contributed by atoms with Crippen molar-refractivity contribution in [1.29, 1.82) is 0 Å². The molecule has 11 heteroatoms. The van der Waals surface area contributed by atoms with E-state index in [0.717, 1.165) is 20.4 Å². The minimum absolute atomic E-state index is 0.158. The molecule has 182 valence electrons. The average molecular weight is 515 g/mol. The first-order valence-corrected chi connectivity index (χ1v) is 12.1. The number of carbonyl (C=O) groups excluding carboxylic acids is 3. The molecule has 1 unspecified atom stereocenters. The Morgan fingerprint density at radius 1 is 1.26 bits per heavy atom. The number of hydrogen-bond acceptors (Lipinski definition) is 6. The quantitative estimate of drug-likeness (QED) is 0.449. The summed E-state index contributed by atoms with van der Waals surface area (Å²) in [6.45, 7) is -0.381. The summed E-state index contributed by atoms with van der Waals surface area (Å²) >= 11 is 7.74. The zero-order valence-electron chi connectivity index (χ0n) is 19.1. The lowest BCUT2D eigenvalue weighted by Gasteiger charge is -2.36. The third-order valence-corrected chi connectivity index (χ3v) is 7.46. The number of fused-ring (bicyclic) bond motifs is 1. The average Bonchev–Trinajstić information content (AvgIpc) is 3.39. The normalized spacial score (nSPS) is 20.9. The van der Waals surface area contributed by atoms with E-state index in [1.807, 2.05) is 30.3 Å². The summed E-state index contributed by atoms with van der Waals surface area (Å²) in [5.41, 5.74) is -0.643. The SMILES string of the molecule is CN(CC1CSC(c2ccccc2)=N1)C(=O)N(C)[C@@]1(C=O)C(=O)N(CC(=O)O)c2ccc(Cl)cc21. The lowest BCUT2D eigenvalue weighted by atomic mass is 9.91. The molecule has 1 N–H and O–H groups in total. The van der Waals surface area contributed by atoms with Crippen LogP contribution in [-0.2, 0) is 19.9 Å². The van der Waals surface area contributed by atoms with E-state index in [0.29, 0.717) is 12.0 Å². The van der Waals surface area contributed by atoms with Crippen LogP contribution in [0.4, 0.5) is 10.5 Å². The van der Waals surface area contributed by atoms with E-state index in [2.05, 4.69) is 0 Å². The van der Waals surface area contributed by atoms with Crippen LogP contribution in [-0.4, -0.2) is 83.1 Å². The number of aldehydes is 1. The third-order valence-electron chi connectivity index (χ3n) is 6.06. The fraction of sp³-hybridized carbons (Fsp3) is 0.292. The lowest BCUT2D eigenvalue weighted by Crippen LogP contribution is -2.58. The van der Waals surface area contributed by atoms with Crippen LogP contribution in [0.3, 0.4) is 0 Å². The fourth-order valence-electron chi connectivity index (χ4n) is 4.34. The van der Waals surface area contributed by atoms with Crippen molar-refractivity contribution in [2.75, 3.05) is 37.8 Å². The number of thioether (sulfide) groups is 1. The van der Waals surface area contributed by atoms with Crippen molar-refractivity contribution < 1.29 is 24.3 Å². The Bertz CT molecular complexity index is 1220. The maximum atomic E-state index is 13.4. The summed E-state index contributed by atoms with van der Waals surface area (Å²) in [6.07, 6.45) is 0.370. The minimum atomic E-state index is -2.04. The Hall–Kier alpha value is -3.37. The summed E-state index contributed by atoms with van der Waals surface area (Å²) in [6, 6.07) is 13.4. The number of anilines is 1. The number of carbonyl (C=O) groups is 4. The molecule has 9 nitrogen and oxygen atoms in total. The van der Waals surface area contributed by atoms with Crippen molar-refractivity contribution in [1.82, 2.24) is 9.80 Å². The lowest BCUT2D eigenvalue weighted by molar-refractivity contribution is -0.139. The number of amides is 3. The predicted molar refractivity (Wildman–Crippen MR) is 134 cm³/mol. The standard InChI is InChI=1S/C24H23ClN4O5S/c1-27(11-17-13-35-21(26-17)15-6-4-3-5-7-15)23(34)28(2)24(14-30)18-10-16(25)8-9-19(18)29(22(24)33)12-20(31)32/h3-10,14,17H,11-13H2,1-2H3,(H,31,32)/t17?,24-/m1/s1. The molecule has 0 saturated heterocycles. The van der Waals surface area contributed by atoms with Gasteiger partial charge < -0.3 is 14.9 Å². The first-order valence-electron chi connectivity index (χ1n) is 10.7. The number of hydrogen-bond donors (Lipinski definition) is 1. The van der Waals surface area contributed by atoms with Crippen LogP contribution in [0, 0.1) is 0 Å². The van der Waals surface area contributed by atoms with E-state index >= 15 is 0 Å². The first-order chi connectivity index (χ1) is 16.7. The van der Waals surface area contributed by atoms with Crippen LogP contribution in [0.2, 0.25) is 5.02 Å². The van der Waals surface area contributed by atoms with Crippen LogP contribution < -0.4 is 4.90 Å². The Labute approximate surface area is 211 Å². The van der Waals surface area contributed by atoms with Gasteiger partial charge in [0, 0.05) is 42.5 Å². The summed E-state index contributed by atoms with van der Waals surface area (Å²) in [7, 11) is 2.92. The van der Waals surface area contributed by atoms with Crippen LogP contribution >= 0.6 is 23.4 Å². The molecule has 0 aromatic heterocycles. The van der Waals surface area contributed by atoms with Crippen molar-refractivity contribution >= 4 is 58.3 Å². The molecule has 2 aromatic carbocycles. The van der Waals surface area contributed by atoms with Gasteiger partial charge in [-0.3, -0.25) is 24.3 Å². The largest absolute Gasteiger partial charge is 0.480 e. The number of halogens is 1. The van der Waals surface area contributed by atoms with Crippen molar-refractivity contribution in [3.8, 4) is 0 Å². The van der Waals surface area contributed by atoms with Crippen LogP contribution in [0.5, 0.6) is 0 Å². The number of carboxylic acids is 1. The van der Waals surface area contributed by atoms with E-state index < -0.39 is 30.0 Å². The second-order valence-electron chi connectivity index (χ2n) is 8.32. The van der Waals surface area contributed by atoms with Gasteiger partial charge in [0.25, 0.3) is 5.91 Å². The number of aliphatic carboxylic acids is 1. The molecule has 0 fully saturated rings. The Morgan fingerprint density at radius 2 is 1.97 bits per heavy atom. The number of nitrogens with zero attached hydrogens (tertiary/aromatic N) is 4. The van der Waals surface area contributed by atoms with E-state index in [4.69, 9.17) is 16.6 Å².